The molecule has 1 rings (SSSR count). The van der Waals surface area contributed by atoms with Crippen LogP contribution in [0, 0.1) is 6.92 Å². The van der Waals surface area contributed by atoms with Crippen molar-refractivity contribution in [3.05, 3.63) is 29.3 Å². The number of benzene rings is 1. The highest BCUT2D eigenvalue weighted by molar-refractivity contribution is 5.80. The lowest BCUT2D eigenvalue weighted by Gasteiger charge is -2.17. The van der Waals surface area contributed by atoms with Crippen LogP contribution in [0.2, 0.25) is 0 Å². The average molecular weight is 321 g/mol. The second-order valence-electron chi connectivity index (χ2n) is 6.08. The van der Waals surface area contributed by atoms with Crippen LogP contribution in [0.3, 0.4) is 0 Å². The van der Waals surface area contributed by atoms with E-state index in [2.05, 4.69) is 19.2 Å². The number of aryl methyl sites for hydroxylation is 1. The SMILES string of the molecule is Cc1cc(OC(C)C(=O)NCCCCC(=O)O)ccc1C(C)C. The van der Waals surface area contributed by atoms with E-state index < -0.39 is 12.1 Å². The van der Waals surface area contributed by atoms with Gasteiger partial charge in [0.25, 0.3) is 5.91 Å². The summed E-state index contributed by atoms with van der Waals surface area (Å²) in [5, 5.41) is 11.3. The van der Waals surface area contributed by atoms with E-state index in [1.807, 2.05) is 25.1 Å². The second-order valence-corrected chi connectivity index (χ2v) is 6.08. The van der Waals surface area contributed by atoms with Gasteiger partial charge < -0.3 is 15.2 Å². The number of carbonyl (C=O) groups excluding carboxylic acids is 1. The summed E-state index contributed by atoms with van der Waals surface area (Å²) in [5.74, 6) is 0.134. The minimum Gasteiger partial charge on any atom is -0.481 e. The molecule has 0 spiro atoms. The first-order valence-corrected chi connectivity index (χ1v) is 8.08. The zero-order chi connectivity index (χ0) is 17.4. The molecule has 0 saturated carbocycles. The number of unbranched alkanes of at least 4 members (excludes halogenated alkanes) is 1. The highest BCUT2D eigenvalue weighted by atomic mass is 16.5. The van der Waals surface area contributed by atoms with Gasteiger partial charge in [-0.3, -0.25) is 9.59 Å². The molecule has 1 aromatic rings. The number of rotatable bonds is 9. The third-order valence-corrected chi connectivity index (χ3v) is 3.66. The normalized spacial score (nSPS) is 12.0. The molecule has 0 saturated heterocycles. The monoisotopic (exact) mass is 321 g/mol. The average Bonchev–Trinajstić information content (AvgIpc) is 2.45. The zero-order valence-electron chi connectivity index (χ0n) is 14.4. The van der Waals surface area contributed by atoms with E-state index in [-0.39, 0.29) is 12.3 Å². The van der Waals surface area contributed by atoms with E-state index >= 15 is 0 Å². The fraction of sp³-hybridized carbons (Fsp3) is 0.556. The van der Waals surface area contributed by atoms with Gasteiger partial charge in [0.05, 0.1) is 0 Å². The van der Waals surface area contributed by atoms with Gasteiger partial charge in [0.2, 0.25) is 0 Å². The molecule has 23 heavy (non-hydrogen) atoms. The van der Waals surface area contributed by atoms with Crippen molar-refractivity contribution in [3.63, 3.8) is 0 Å². The van der Waals surface area contributed by atoms with E-state index in [0.717, 1.165) is 5.56 Å². The van der Waals surface area contributed by atoms with Crippen molar-refractivity contribution in [3.8, 4) is 5.75 Å². The standard InChI is InChI=1S/C18H27NO4/c1-12(2)16-9-8-15(11-13(16)3)23-14(4)18(22)19-10-6-5-7-17(20)21/h8-9,11-12,14H,5-7,10H2,1-4H3,(H,19,22)(H,20,21). The van der Waals surface area contributed by atoms with Gasteiger partial charge >= 0.3 is 5.97 Å². The number of aliphatic carboxylic acids is 1. The van der Waals surface area contributed by atoms with Crippen LogP contribution in [0.4, 0.5) is 0 Å². The maximum atomic E-state index is 12.0. The summed E-state index contributed by atoms with van der Waals surface area (Å²) in [7, 11) is 0. The fourth-order valence-corrected chi connectivity index (χ4v) is 2.38. The van der Waals surface area contributed by atoms with E-state index in [0.29, 0.717) is 31.1 Å². The van der Waals surface area contributed by atoms with Crippen LogP contribution in [-0.4, -0.2) is 29.6 Å². The van der Waals surface area contributed by atoms with E-state index in [9.17, 15) is 9.59 Å². The molecule has 0 bridgehead atoms. The molecule has 0 fully saturated rings. The van der Waals surface area contributed by atoms with Crippen molar-refractivity contribution >= 4 is 11.9 Å². The van der Waals surface area contributed by atoms with Crippen molar-refractivity contribution in [2.24, 2.45) is 0 Å². The van der Waals surface area contributed by atoms with E-state index in [1.165, 1.54) is 5.56 Å². The number of carbonyl (C=O) groups is 2. The predicted octanol–water partition coefficient (Wildman–Crippen LogP) is 3.26. The Hall–Kier alpha value is -2.04. The van der Waals surface area contributed by atoms with Gasteiger partial charge in [0.1, 0.15) is 5.75 Å². The fourth-order valence-electron chi connectivity index (χ4n) is 2.38. The minimum atomic E-state index is -0.812. The van der Waals surface area contributed by atoms with Gasteiger partial charge in [-0.05, 0) is 55.9 Å². The molecule has 5 nitrogen and oxygen atoms in total. The van der Waals surface area contributed by atoms with Gasteiger partial charge in [-0.2, -0.15) is 0 Å². The van der Waals surface area contributed by atoms with Crippen molar-refractivity contribution in [2.75, 3.05) is 6.54 Å². The van der Waals surface area contributed by atoms with Crippen LogP contribution >= 0.6 is 0 Å². The van der Waals surface area contributed by atoms with E-state index in [4.69, 9.17) is 9.84 Å². The van der Waals surface area contributed by atoms with Crippen LogP contribution in [0.25, 0.3) is 0 Å². The van der Waals surface area contributed by atoms with Crippen molar-refractivity contribution < 1.29 is 19.4 Å². The molecule has 0 aromatic heterocycles. The molecule has 0 heterocycles. The number of amides is 1. The van der Waals surface area contributed by atoms with Crippen LogP contribution in [0.1, 0.15) is 57.1 Å². The Labute approximate surface area is 138 Å². The summed E-state index contributed by atoms with van der Waals surface area (Å²) in [5.41, 5.74) is 2.42. The van der Waals surface area contributed by atoms with E-state index in [1.54, 1.807) is 6.92 Å². The Morgan fingerprint density at radius 2 is 1.91 bits per heavy atom. The summed E-state index contributed by atoms with van der Waals surface area (Å²) < 4.78 is 5.68. The molecule has 2 N–H and O–H groups in total. The summed E-state index contributed by atoms with van der Waals surface area (Å²) >= 11 is 0. The first-order chi connectivity index (χ1) is 10.8. The molecular formula is C18H27NO4. The maximum absolute atomic E-state index is 12.0. The third-order valence-electron chi connectivity index (χ3n) is 3.66. The summed E-state index contributed by atoms with van der Waals surface area (Å²) in [6.07, 6.45) is 0.746. The van der Waals surface area contributed by atoms with Crippen LogP contribution in [0.5, 0.6) is 5.75 Å². The quantitative estimate of drug-likeness (QED) is 0.685. The Kier molecular flexibility index (Phi) is 7.59. The number of hydrogen-bond acceptors (Lipinski definition) is 3. The van der Waals surface area contributed by atoms with Crippen molar-refractivity contribution in [2.45, 2.75) is 59.0 Å². The lowest BCUT2D eigenvalue weighted by Crippen LogP contribution is -2.36. The maximum Gasteiger partial charge on any atom is 0.303 e. The zero-order valence-corrected chi connectivity index (χ0v) is 14.4. The van der Waals surface area contributed by atoms with Gasteiger partial charge in [-0.1, -0.05) is 19.9 Å². The summed E-state index contributed by atoms with van der Waals surface area (Å²) in [6, 6.07) is 5.87. The van der Waals surface area contributed by atoms with Crippen LogP contribution in [-0.2, 0) is 9.59 Å². The Bertz CT molecular complexity index is 540. The number of hydrogen-bond donors (Lipinski definition) is 2. The smallest absolute Gasteiger partial charge is 0.303 e. The molecule has 128 valence electrons. The summed E-state index contributed by atoms with van der Waals surface area (Å²) in [4.78, 5) is 22.3. The van der Waals surface area contributed by atoms with Gasteiger partial charge in [-0.25, -0.2) is 0 Å². The lowest BCUT2D eigenvalue weighted by atomic mass is 9.98. The van der Waals surface area contributed by atoms with Crippen molar-refractivity contribution in [1.29, 1.82) is 0 Å². The molecule has 0 radical (unpaired) electrons. The highest BCUT2D eigenvalue weighted by Gasteiger charge is 2.14. The molecule has 1 aromatic carbocycles. The second kappa shape index (κ2) is 9.18. The third kappa shape index (κ3) is 6.72. The van der Waals surface area contributed by atoms with Crippen LogP contribution < -0.4 is 10.1 Å². The molecule has 0 aliphatic rings. The van der Waals surface area contributed by atoms with Crippen molar-refractivity contribution in [1.82, 2.24) is 5.32 Å². The minimum absolute atomic E-state index is 0.128. The Morgan fingerprint density at radius 1 is 1.22 bits per heavy atom. The first kappa shape index (κ1) is 19.0. The predicted molar refractivity (Wildman–Crippen MR) is 89.9 cm³/mol. The van der Waals surface area contributed by atoms with Gasteiger partial charge in [-0.15, -0.1) is 0 Å². The number of carboxylic acids is 1. The highest BCUT2D eigenvalue weighted by Crippen LogP contribution is 2.24. The topological polar surface area (TPSA) is 75.6 Å². The molecule has 0 aliphatic heterocycles. The molecule has 5 heteroatoms. The summed E-state index contributed by atoms with van der Waals surface area (Å²) in [6.45, 7) is 8.49. The Morgan fingerprint density at radius 3 is 2.48 bits per heavy atom. The van der Waals surface area contributed by atoms with Gasteiger partial charge in [0, 0.05) is 13.0 Å². The molecule has 1 unspecified atom stereocenters. The lowest BCUT2D eigenvalue weighted by molar-refractivity contribution is -0.137. The largest absolute Gasteiger partial charge is 0.481 e. The molecule has 1 atom stereocenters. The number of ether oxygens (including phenoxy) is 1. The number of carboxylic acid groups (broad SMARTS) is 1. The molecule has 0 aliphatic carbocycles. The number of nitrogens with one attached hydrogen (secondary N) is 1. The first-order valence-electron chi connectivity index (χ1n) is 8.08. The van der Waals surface area contributed by atoms with Crippen LogP contribution in [0.15, 0.2) is 18.2 Å². The molecule has 1 amide bonds. The van der Waals surface area contributed by atoms with Gasteiger partial charge in [0.15, 0.2) is 6.10 Å². The Balaban J connectivity index is 2.43. The molecular weight excluding hydrogens is 294 g/mol.